The van der Waals surface area contributed by atoms with Gasteiger partial charge in [-0.25, -0.2) is 0 Å². The van der Waals surface area contributed by atoms with E-state index in [0.717, 1.165) is 11.3 Å². The first kappa shape index (κ1) is 14.5. The van der Waals surface area contributed by atoms with Gasteiger partial charge in [0.1, 0.15) is 5.75 Å². The van der Waals surface area contributed by atoms with Gasteiger partial charge in [0.05, 0.1) is 24.5 Å². The lowest BCUT2D eigenvalue weighted by Gasteiger charge is -2.14. The van der Waals surface area contributed by atoms with Crippen LogP contribution in [0.1, 0.15) is 35.8 Å². The highest BCUT2D eigenvalue weighted by Gasteiger charge is 2.16. The molecule has 2 aromatic rings. The van der Waals surface area contributed by atoms with Gasteiger partial charge in [-0.15, -0.1) is 0 Å². The Kier molecular flexibility index (Phi) is 4.69. The maximum atomic E-state index is 12.0. The van der Waals surface area contributed by atoms with Crippen LogP contribution in [0.2, 0.25) is 5.22 Å². The van der Waals surface area contributed by atoms with Crippen LogP contribution in [0, 0.1) is 0 Å². The van der Waals surface area contributed by atoms with Crippen molar-refractivity contribution in [1.29, 1.82) is 0 Å². The fourth-order valence-electron chi connectivity index (χ4n) is 1.83. The second kappa shape index (κ2) is 6.48. The van der Waals surface area contributed by atoms with Crippen LogP contribution in [0.4, 0.5) is 0 Å². The lowest BCUT2D eigenvalue weighted by Crippen LogP contribution is -2.26. The van der Waals surface area contributed by atoms with Crippen LogP contribution in [0.15, 0.2) is 41.0 Å². The molecule has 1 heterocycles. The molecule has 0 fully saturated rings. The molecular weight excluding hydrogens is 278 g/mol. The predicted molar refractivity (Wildman–Crippen MR) is 77.2 cm³/mol. The van der Waals surface area contributed by atoms with Gasteiger partial charge in [-0.05, 0) is 49.2 Å². The zero-order chi connectivity index (χ0) is 14.5. The summed E-state index contributed by atoms with van der Waals surface area (Å²) in [4.78, 5) is 12.0. The Labute approximate surface area is 122 Å². The summed E-state index contributed by atoms with van der Waals surface area (Å²) in [6.45, 7) is 4.47. The fraction of sp³-hybridized carbons (Fsp3) is 0.267. The van der Waals surface area contributed by atoms with E-state index in [2.05, 4.69) is 5.32 Å². The van der Waals surface area contributed by atoms with Gasteiger partial charge in [-0.2, -0.15) is 0 Å². The lowest BCUT2D eigenvalue weighted by molar-refractivity contribution is 0.0939. The highest BCUT2D eigenvalue weighted by Crippen LogP contribution is 2.20. The molecule has 0 bridgehead atoms. The van der Waals surface area contributed by atoms with Crippen molar-refractivity contribution in [2.24, 2.45) is 0 Å². The number of nitrogens with one attached hydrogen (secondary N) is 1. The van der Waals surface area contributed by atoms with Crippen LogP contribution in [0.5, 0.6) is 5.75 Å². The molecule has 20 heavy (non-hydrogen) atoms. The smallest absolute Gasteiger partial charge is 0.256 e. The first-order valence-electron chi connectivity index (χ1n) is 6.38. The van der Waals surface area contributed by atoms with Gasteiger partial charge in [0, 0.05) is 0 Å². The summed E-state index contributed by atoms with van der Waals surface area (Å²) < 4.78 is 10.3. The van der Waals surface area contributed by atoms with Crippen molar-refractivity contribution in [3.63, 3.8) is 0 Å². The summed E-state index contributed by atoms with van der Waals surface area (Å²) in [5, 5.41) is 2.97. The minimum absolute atomic E-state index is 0.0985. The van der Waals surface area contributed by atoms with Crippen molar-refractivity contribution in [2.75, 3.05) is 6.61 Å². The molecule has 1 amide bonds. The number of halogens is 1. The van der Waals surface area contributed by atoms with Gasteiger partial charge in [-0.3, -0.25) is 4.79 Å². The van der Waals surface area contributed by atoms with Crippen molar-refractivity contribution >= 4 is 17.5 Å². The van der Waals surface area contributed by atoms with Crippen molar-refractivity contribution in [3.05, 3.63) is 52.9 Å². The number of carbonyl (C=O) groups excluding carboxylic acids is 1. The molecule has 1 atom stereocenters. The number of furan rings is 1. The van der Waals surface area contributed by atoms with E-state index in [1.807, 2.05) is 38.1 Å². The van der Waals surface area contributed by atoms with E-state index in [4.69, 9.17) is 20.8 Å². The van der Waals surface area contributed by atoms with Gasteiger partial charge in [-0.1, -0.05) is 12.1 Å². The van der Waals surface area contributed by atoms with Crippen LogP contribution in [-0.4, -0.2) is 12.5 Å². The minimum Gasteiger partial charge on any atom is -0.494 e. The van der Waals surface area contributed by atoms with Crippen molar-refractivity contribution in [2.45, 2.75) is 19.9 Å². The number of amides is 1. The Bertz CT molecular complexity index is 577. The zero-order valence-corrected chi connectivity index (χ0v) is 12.1. The third kappa shape index (κ3) is 3.33. The third-order valence-electron chi connectivity index (χ3n) is 2.90. The normalized spacial score (nSPS) is 11.9. The average molecular weight is 294 g/mol. The molecule has 4 nitrogen and oxygen atoms in total. The van der Waals surface area contributed by atoms with Crippen LogP contribution in [0.3, 0.4) is 0 Å². The monoisotopic (exact) mass is 293 g/mol. The van der Waals surface area contributed by atoms with Gasteiger partial charge in [0.2, 0.25) is 5.22 Å². The van der Waals surface area contributed by atoms with Crippen LogP contribution >= 0.6 is 11.6 Å². The van der Waals surface area contributed by atoms with Crippen molar-refractivity contribution in [1.82, 2.24) is 5.32 Å². The largest absolute Gasteiger partial charge is 0.494 e. The molecule has 5 heteroatoms. The summed E-state index contributed by atoms with van der Waals surface area (Å²) in [6.07, 6.45) is 1.39. The number of rotatable bonds is 5. The molecule has 1 aromatic carbocycles. The average Bonchev–Trinajstić information content (AvgIpc) is 2.86. The second-order valence-electron chi connectivity index (χ2n) is 4.31. The number of hydrogen-bond acceptors (Lipinski definition) is 3. The molecule has 0 aliphatic carbocycles. The number of benzene rings is 1. The summed E-state index contributed by atoms with van der Waals surface area (Å²) in [7, 11) is 0. The Morgan fingerprint density at radius 1 is 1.35 bits per heavy atom. The molecule has 1 unspecified atom stereocenters. The van der Waals surface area contributed by atoms with Gasteiger partial charge in [0.15, 0.2) is 0 Å². The van der Waals surface area contributed by atoms with E-state index < -0.39 is 0 Å². The summed E-state index contributed by atoms with van der Waals surface area (Å²) in [5.74, 6) is 0.554. The Balaban J connectivity index is 2.02. The second-order valence-corrected chi connectivity index (χ2v) is 4.65. The van der Waals surface area contributed by atoms with Crippen LogP contribution in [0.25, 0.3) is 0 Å². The van der Waals surface area contributed by atoms with Crippen LogP contribution < -0.4 is 10.1 Å². The summed E-state index contributed by atoms with van der Waals surface area (Å²) >= 11 is 5.78. The minimum atomic E-state index is -0.259. The number of carbonyl (C=O) groups is 1. The molecule has 0 aliphatic heterocycles. The molecule has 0 radical (unpaired) electrons. The van der Waals surface area contributed by atoms with E-state index in [1.54, 1.807) is 6.07 Å². The summed E-state index contributed by atoms with van der Waals surface area (Å²) in [6, 6.07) is 9.02. The molecule has 0 spiro atoms. The zero-order valence-electron chi connectivity index (χ0n) is 11.4. The predicted octanol–water partition coefficient (Wildman–Crippen LogP) is 3.82. The number of ether oxygens (including phenoxy) is 1. The SMILES string of the molecule is CCOc1ccc(C(C)NC(=O)c2ccoc2Cl)cc1. The Hall–Kier alpha value is -1.94. The van der Waals surface area contributed by atoms with E-state index in [-0.39, 0.29) is 17.2 Å². The lowest BCUT2D eigenvalue weighted by atomic mass is 10.1. The molecule has 0 saturated carbocycles. The Morgan fingerprint density at radius 3 is 2.60 bits per heavy atom. The maximum absolute atomic E-state index is 12.0. The van der Waals surface area contributed by atoms with Crippen molar-refractivity contribution < 1.29 is 13.9 Å². The highest BCUT2D eigenvalue weighted by atomic mass is 35.5. The first-order valence-corrected chi connectivity index (χ1v) is 6.76. The molecular formula is C15H16ClNO3. The quantitative estimate of drug-likeness (QED) is 0.911. The standard InChI is InChI=1S/C15H16ClNO3/c1-3-19-12-6-4-11(5-7-12)10(2)17-15(18)13-8-9-20-14(13)16/h4-10H,3H2,1-2H3,(H,17,18). The number of hydrogen-bond donors (Lipinski definition) is 1. The molecule has 1 aromatic heterocycles. The molecule has 2 rings (SSSR count). The van der Waals surface area contributed by atoms with E-state index in [1.165, 1.54) is 6.26 Å². The van der Waals surface area contributed by atoms with Gasteiger partial charge >= 0.3 is 0 Å². The molecule has 1 N–H and O–H groups in total. The molecule has 0 aliphatic rings. The molecule has 106 valence electrons. The third-order valence-corrected chi connectivity index (χ3v) is 3.19. The Morgan fingerprint density at radius 2 is 2.05 bits per heavy atom. The summed E-state index contributed by atoms with van der Waals surface area (Å²) in [5.41, 5.74) is 1.32. The van der Waals surface area contributed by atoms with E-state index >= 15 is 0 Å². The van der Waals surface area contributed by atoms with Crippen molar-refractivity contribution in [3.8, 4) is 5.75 Å². The van der Waals surface area contributed by atoms with E-state index in [9.17, 15) is 4.79 Å². The maximum Gasteiger partial charge on any atom is 0.256 e. The topological polar surface area (TPSA) is 51.5 Å². The first-order chi connectivity index (χ1) is 9.61. The molecule has 0 saturated heterocycles. The van der Waals surface area contributed by atoms with Gasteiger partial charge in [0.25, 0.3) is 5.91 Å². The fourth-order valence-corrected chi connectivity index (χ4v) is 2.03. The highest BCUT2D eigenvalue weighted by molar-refractivity contribution is 6.32. The van der Waals surface area contributed by atoms with Crippen LogP contribution in [-0.2, 0) is 0 Å². The van der Waals surface area contributed by atoms with E-state index in [0.29, 0.717) is 12.2 Å². The van der Waals surface area contributed by atoms with Gasteiger partial charge < -0.3 is 14.5 Å².